The number of carbonyl (C=O) groups excluding carboxylic acids is 1. The molecule has 1 aromatic rings. The summed E-state index contributed by atoms with van der Waals surface area (Å²) in [5, 5.41) is 16.4. The summed E-state index contributed by atoms with van der Waals surface area (Å²) < 4.78 is 0. The number of amides is 1. The molecule has 0 unspecified atom stereocenters. The van der Waals surface area contributed by atoms with Crippen LogP contribution < -0.4 is 10.6 Å². The fourth-order valence-corrected chi connectivity index (χ4v) is 1.54. The van der Waals surface area contributed by atoms with Crippen molar-refractivity contribution in [2.45, 2.75) is 32.7 Å². The van der Waals surface area contributed by atoms with Gasteiger partial charge in [0.2, 0.25) is 5.91 Å². The smallest absolute Gasteiger partial charge is 0.271 e. The lowest BCUT2D eigenvalue weighted by Crippen LogP contribution is -2.38. The molecule has 0 fully saturated rings. The molecule has 0 saturated carbocycles. The number of nitro groups is 1. The summed E-state index contributed by atoms with van der Waals surface area (Å²) in [7, 11) is 0. The second-order valence-corrected chi connectivity index (χ2v) is 4.33. The van der Waals surface area contributed by atoms with Crippen molar-refractivity contribution in [3.63, 3.8) is 0 Å². The molecule has 6 heteroatoms. The minimum atomic E-state index is -0.488. The van der Waals surface area contributed by atoms with Crippen LogP contribution in [0.2, 0.25) is 0 Å². The van der Waals surface area contributed by atoms with E-state index in [9.17, 15) is 14.9 Å². The van der Waals surface area contributed by atoms with Crippen LogP contribution in [-0.4, -0.2) is 23.4 Å². The maximum absolute atomic E-state index is 11.8. The van der Waals surface area contributed by atoms with Gasteiger partial charge in [0.05, 0.1) is 11.0 Å². The van der Waals surface area contributed by atoms with Gasteiger partial charge in [0, 0.05) is 17.8 Å². The zero-order valence-corrected chi connectivity index (χ0v) is 11.2. The Kier molecular flexibility index (Phi) is 5.95. The summed E-state index contributed by atoms with van der Waals surface area (Å²) in [4.78, 5) is 22.0. The summed E-state index contributed by atoms with van der Waals surface area (Å²) in [5.74, 6) is -0.198. The van der Waals surface area contributed by atoms with E-state index >= 15 is 0 Å². The van der Waals surface area contributed by atoms with E-state index in [1.54, 1.807) is 19.1 Å². The monoisotopic (exact) mass is 265 g/mol. The van der Waals surface area contributed by atoms with E-state index in [2.05, 4.69) is 17.6 Å². The summed E-state index contributed by atoms with van der Waals surface area (Å²) in [6, 6.07) is 5.58. The van der Waals surface area contributed by atoms with Crippen LogP contribution in [0.1, 0.15) is 26.7 Å². The van der Waals surface area contributed by atoms with E-state index in [-0.39, 0.29) is 17.6 Å². The molecule has 0 spiro atoms. The highest BCUT2D eigenvalue weighted by Gasteiger charge is 2.13. The molecule has 0 aliphatic rings. The highest BCUT2D eigenvalue weighted by atomic mass is 16.6. The van der Waals surface area contributed by atoms with Crippen molar-refractivity contribution in [3.05, 3.63) is 34.4 Å². The third-order valence-electron chi connectivity index (χ3n) is 2.70. The molecular weight excluding hydrogens is 246 g/mol. The second kappa shape index (κ2) is 7.48. The number of nitrogens with one attached hydrogen (secondary N) is 2. The number of non-ortho nitro benzene ring substituents is 1. The van der Waals surface area contributed by atoms with Crippen LogP contribution >= 0.6 is 0 Å². The van der Waals surface area contributed by atoms with Crippen LogP contribution in [0.5, 0.6) is 0 Å². The van der Waals surface area contributed by atoms with Gasteiger partial charge in [-0.05, 0) is 26.0 Å². The van der Waals surface area contributed by atoms with Crippen molar-refractivity contribution in [1.29, 1.82) is 0 Å². The Bertz CT molecular complexity index is 449. The molecule has 104 valence electrons. The lowest BCUT2D eigenvalue weighted by atomic mass is 10.2. The van der Waals surface area contributed by atoms with Crippen molar-refractivity contribution in [3.8, 4) is 0 Å². The first-order valence-corrected chi connectivity index (χ1v) is 6.33. The Hall–Kier alpha value is -1.95. The van der Waals surface area contributed by atoms with E-state index in [4.69, 9.17) is 0 Å². The second-order valence-electron chi connectivity index (χ2n) is 4.33. The highest BCUT2D eigenvalue weighted by molar-refractivity contribution is 5.94. The van der Waals surface area contributed by atoms with Gasteiger partial charge in [-0.3, -0.25) is 14.9 Å². The Balaban J connectivity index is 2.56. The quantitative estimate of drug-likeness (QED) is 0.450. The van der Waals surface area contributed by atoms with Crippen LogP contribution in [0.15, 0.2) is 24.3 Å². The average molecular weight is 265 g/mol. The minimum absolute atomic E-state index is 0.0376. The SMILES string of the molecule is CCCCN[C@H](C)C(=O)Nc1cccc([N+](=O)[O-])c1. The number of anilines is 1. The van der Waals surface area contributed by atoms with Crippen molar-refractivity contribution in [2.75, 3.05) is 11.9 Å². The van der Waals surface area contributed by atoms with E-state index < -0.39 is 4.92 Å². The Morgan fingerprint density at radius 2 is 2.21 bits per heavy atom. The van der Waals surface area contributed by atoms with Gasteiger partial charge >= 0.3 is 0 Å². The lowest BCUT2D eigenvalue weighted by Gasteiger charge is -2.13. The first kappa shape index (κ1) is 15.1. The maximum Gasteiger partial charge on any atom is 0.271 e. The van der Waals surface area contributed by atoms with Gasteiger partial charge in [0.25, 0.3) is 5.69 Å². The minimum Gasteiger partial charge on any atom is -0.324 e. The standard InChI is InChI=1S/C13H19N3O3/c1-3-4-8-14-10(2)13(17)15-11-6-5-7-12(9-11)16(18)19/h5-7,9-10,14H,3-4,8H2,1-2H3,(H,15,17)/t10-/m1/s1. The van der Waals surface area contributed by atoms with Gasteiger partial charge in [0.1, 0.15) is 0 Å². The number of benzene rings is 1. The molecule has 1 amide bonds. The number of unbranched alkanes of at least 4 members (excludes halogenated alkanes) is 1. The fraction of sp³-hybridized carbons (Fsp3) is 0.462. The number of rotatable bonds is 7. The Morgan fingerprint density at radius 1 is 1.47 bits per heavy atom. The number of nitrogens with zero attached hydrogens (tertiary/aromatic N) is 1. The van der Waals surface area contributed by atoms with Gasteiger partial charge in [-0.25, -0.2) is 0 Å². The van der Waals surface area contributed by atoms with Gasteiger partial charge in [-0.2, -0.15) is 0 Å². The molecule has 1 rings (SSSR count). The first-order chi connectivity index (χ1) is 9.04. The fourth-order valence-electron chi connectivity index (χ4n) is 1.54. The molecule has 0 saturated heterocycles. The first-order valence-electron chi connectivity index (χ1n) is 6.33. The highest BCUT2D eigenvalue weighted by Crippen LogP contribution is 2.17. The predicted molar refractivity (Wildman–Crippen MR) is 74.1 cm³/mol. The number of hydrogen-bond donors (Lipinski definition) is 2. The van der Waals surface area contributed by atoms with Crippen molar-refractivity contribution >= 4 is 17.3 Å². The topological polar surface area (TPSA) is 84.3 Å². The van der Waals surface area contributed by atoms with Gasteiger partial charge in [0.15, 0.2) is 0 Å². The predicted octanol–water partition coefficient (Wildman–Crippen LogP) is 2.31. The van der Waals surface area contributed by atoms with Crippen LogP contribution in [0.25, 0.3) is 0 Å². The molecule has 1 atom stereocenters. The Labute approximate surface area is 112 Å². The largest absolute Gasteiger partial charge is 0.324 e. The van der Waals surface area contributed by atoms with Gasteiger partial charge in [-0.1, -0.05) is 19.4 Å². The number of hydrogen-bond acceptors (Lipinski definition) is 4. The van der Waals surface area contributed by atoms with Gasteiger partial charge < -0.3 is 10.6 Å². The lowest BCUT2D eigenvalue weighted by molar-refractivity contribution is -0.384. The average Bonchev–Trinajstić information content (AvgIpc) is 2.39. The summed E-state index contributed by atoms with van der Waals surface area (Å²) in [6.45, 7) is 4.62. The van der Waals surface area contributed by atoms with Crippen molar-refractivity contribution < 1.29 is 9.72 Å². The normalized spacial score (nSPS) is 11.9. The van der Waals surface area contributed by atoms with Crippen LogP contribution in [-0.2, 0) is 4.79 Å². The molecule has 1 aromatic carbocycles. The van der Waals surface area contributed by atoms with Crippen molar-refractivity contribution in [1.82, 2.24) is 5.32 Å². The van der Waals surface area contributed by atoms with Gasteiger partial charge in [-0.15, -0.1) is 0 Å². The molecule has 6 nitrogen and oxygen atoms in total. The zero-order chi connectivity index (χ0) is 14.3. The molecule has 0 bridgehead atoms. The molecule has 0 aliphatic carbocycles. The molecule has 0 aliphatic heterocycles. The molecule has 0 radical (unpaired) electrons. The third kappa shape index (κ3) is 5.05. The molecular formula is C13H19N3O3. The molecule has 2 N–H and O–H groups in total. The van der Waals surface area contributed by atoms with Crippen LogP contribution in [0, 0.1) is 10.1 Å². The zero-order valence-electron chi connectivity index (χ0n) is 11.2. The van der Waals surface area contributed by atoms with E-state index in [0.29, 0.717) is 5.69 Å². The summed E-state index contributed by atoms with van der Waals surface area (Å²) in [5.41, 5.74) is 0.396. The summed E-state index contributed by atoms with van der Waals surface area (Å²) >= 11 is 0. The summed E-state index contributed by atoms with van der Waals surface area (Å²) in [6.07, 6.45) is 2.07. The number of carbonyl (C=O) groups is 1. The molecule has 0 heterocycles. The number of nitro benzene ring substituents is 1. The molecule has 0 aromatic heterocycles. The molecule has 19 heavy (non-hydrogen) atoms. The van der Waals surface area contributed by atoms with Crippen LogP contribution in [0.3, 0.4) is 0 Å². The van der Waals surface area contributed by atoms with Crippen molar-refractivity contribution in [2.24, 2.45) is 0 Å². The van der Waals surface area contributed by atoms with E-state index in [1.165, 1.54) is 12.1 Å². The van der Waals surface area contributed by atoms with E-state index in [1.807, 2.05) is 0 Å². The maximum atomic E-state index is 11.8. The Morgan fingerprint density at radius 3 is 2.84 bits per heavy atom. The van der Waals surface area contributed by atoms with Crippen LogP contribution in [0.4, 0.5) is 11.4 Å². The van der Waals surface area contributed by atoms with E-state index in [0.717, 1.165) is 19.4 Å². The third-order valence-corrected chi connectivity index (χ3v) is 2.70.